The number of aliphatic hydroxyl groups excluding tert-OH is 2. The summed E-state index contributed by atoms with van der Waals surface area (Å²) in [5.74, 6) is -3.57. The van der Waals surface area contributed by atoms with Crippen molar-refractivity contribution < 1.29 is 63.3 Å². The molecule has 0 bridgehead atoms. The number of ether oxygens (including phenoxy) is 4. The third-order valence-electron chi connectivity index (χ3n) is 11.8. The fourth-order valence-electron chi connectivity index (χ4n) is 8.61. The smallest absolute Gasteiger partial charge is 0.420 e. The summed E-state index contributed by atoms with van der Waals surface area (Å²) < 4.78 is 30.1. The standard InChI is InChI=1S/C45H45N3O14/c1-21-8-10-30-28(12-21)48(44(56)62-30)18-24-9-11-31(29(50)14-24)59-20-35(51)47-46-34(19-49)45(57)16-25-15-27-39(43(55)38-26(41(27)53)6-5-7-32(38)58-4)42(54)37(25)33(17-45)61-36-13-22(2)40(52)23(3)60-36/h5-12,14-15,22-23,33,36,40,49-50,52,54,57H,13,16-20H2,1-4H3,(H,47,51)/b46-34+/t22-,23-,33-,36-,40-,45-/m1/s1. The number of aliphatic hydroxyl groups is 3. The van der Waals surface area contributed by atoms with Crippen LogP contribution in [0.3, 0.4) is 0 Å². The van der Waals surface area contributed by atoms with Gasteiger partial charge in [0.2, 0.25) is 5.78 Å². The van der Waals surface area contributed by atoms with Gasteiger partial charge in [-0.25, -0.2) is 10.2 Å². The van der Waals surface area contributed by atoms with E-state index in [0.717, 1.165) is 5.56 Å². The summed E-state index contributed by atoms with van der Waals surface area (Å²) in [6, 6.07) is 15.8. The van der Waals surface area contributed by atoms with Gasteiger partial charge in [0.25, 0.3) is 5.91 Å². The average molecular weight is 852 g/mol. The van der Waals surface area contributed by atoms with Gasteiger partial charge in [-0.15, -0.1) is 0 Å². The predicted octanol–water partition coefficient (Wildman–Crippen LogP) is 3.56. The van der Waals surface area contributed by atoms with Crippen LogP contribution in [0, 0.1) is 12.8 Å². The van der Waals surface area contributed by atoms with Crippen molar-refractivity contribution in [2.75, 3.05) is 20.3 Å². The van der Waals surface area contributed by atoms with Crippen LogP contribution < -0.4 is 20.7 Å². The maximum absolute atomic E-state index is 14.0. The van der Waals surface area contributed by atoms with Gasteiger partial charge in [-0.05, 0) is 72.9 Å². The number of benzene rings is 4. The number of carbonyl (C=O) groups is 3. The highest BCUT2D eigenvalue weighted by Crippen LogP contribution is 2.49. The second-order valence-corrected chi connectivity index (χ2v) is 16.0. The van der Waals surface area contributed by atoms with E-state index < -0.39 is 72.4 Å². The topological polar surface area (TPSA) is 249 Å². The number of carbonyl (C=O) groups excluding carboxylic acids is 3. The van der Waals surface area contributed by atoms with Crippen molar-refractivity contribution in [3.8, 4) is 23.0 Å². The first-order valence-corrected chi connectivity index (χ1v) is 20.0. The maximum atomic E-state index is 14.0. The molecular weight excluding hydrogens is 807 g/mol. The van der Waals surface area contributed by atoms with Crippen LogP contribution in [0.15, 0.2) is 75.0 Å². The van der Waals surface area contributed by atoms with E-state index in [0.29, 0.717) is 16.7 Å². The average Bonchev–Trinajstić information content (AvgIpc) is 3.53. The van der Waals surface area contributed by atoms with E-state index in [1.807, 2.05) is 26.0 Å². The first kappa shape index (κ1) is 42.3. The number of phenols is 2. The van der Waals surface area contributed by atoms with E-state index >= 15 is 0 Å². The van der Waals surface area contributed by atoms with Gasteiger partial charge >= 0.3 is 5.76 Å². The number of ketones is 2. The molecule has 4 aromatic carbocycles. The summed E-state index contributed by atoms with van der Waals surface area (Å²) >= 11 is 0. The minimum atomic E-state index is -2.05. The number of nitrogens with zero attached hydrogens (tertiary/aromatic N) is 2. The number of phenolic OH excluding ortho intramolecular Hbond substituents is 2. The molecule has 6 N–H and O–H groups in total. The second kappa shape index (κ2) is 16.5. The van der Waals surface area contributed by atoms with Gasteiger partial charge in [-0.1, -0.05) is 31.2 Å². The summed E-state index contributed by atoms with van der Waals surface area (Å²) in [6.45, 7) is 3.99. The van der Waals surface area contributed by atoms with Crippen molar-refractivity contribution >= 4 is 34.3 Å². The quantitative estimate of drug-likeness (QED) is 0.0806. The number of aromatic nitrogens is 1. The Morgan fingerprint density at radius 2 is 1.79 bits per heavy atom. The highest BCUT2D eigenvalue weighted by molar-refractivity contribution is 6.30. The number of amides is 1. The van der Waals surface area contributed by atoms with Gasteiger partial charge < -0.3 is 48.9 Å². The molecule has 1 amide bonds. The Kier molecular flexibility index (Phi) is 11.3. The van der Waals surface area contributed by atoms with Crippen LogP contribution in [0.25, 0.3) is 11.1 Å². The predicted molar refractivity (Wildman–Crippen MR) is 220 cm³/mol. The molecule has 17 nitrogen and oxygen atoms in total. The zero-order valence-corrected chi connectivity index (χ0v) is 34.2. The molecule has 0 unspecified atom stereocenters. The molecule has 8 rings (SSSR count). The van der Waals surface area contributed by atoms with Gasteiger partial charge in [0, 0.05) is 36.0 Å². The first-order chi connectivity index (χ1) is 29.6. The Morgan fingerprint density at radius 3 is 2.52 bits per heavy atom. The van der Waals surface area contributed by atoms with Crippen molar-refractivity contribution in [1.82, 2.24) is 9.99 Å². The minimum Gasteiger partial charge on any atom is -0.507 e. The molecule has 1 saturated heterocycles. The number of methoxy groups -OCH3 is 1. The molecule has 1 fully saturated rings. The molecule has 1 aliphatic heterocycles. The lowest BCUT2D eigenvalue weighted by atomic mass is 9.72. The molecule has 0 spiro atoms. The number of aromatic hydroxyl groups is 2. The third-order valence-corrected chi connectivity index (χ3v) is 11.8. The van der Waals surface area contributed by atoms with Crippen LogP contribution in [-0.2, 0) is 27.2 Å². The van der Waals surface area contributed by atoms with Gasteiger partial charge in [0.05, 0.1) is 60.9 Å². The Morgan fingerprint density at radius 1 is 1.00 bits per heavy atom. The third kappa shape index (κ3) is 7.62. The summed E-state index contributed by atoms with van der Waals surface area (Å²) in [5, 5.41) is 60.1. The molecular formula is C45H45N3O14. The van der Waals surface area contributed by atoms with E-state index in [9.17, 15) is 44.7 Å². The SMILES string of the molecule is COc1cccc2c1C(=O)c1c(cc3c(c1O)[C@H](O[C@@H]1C[C@@H](C)[C@@H](O)[C@@H](C)O1)C[C@@](O)(/C(CO)=N/NC(=O)COc1ccc(Cn4c(=O)oc5ccc(C)cc54)cc1O)C3)C2=O. The molecule has 2 heterocycles. The van der Waals surface area contributed by atoms with E-state index in [4.69, 9.17) is 23.4 Å². The Hall–Kier alpha value is -6.37. The molecule has 1 aromatic heterocycles. The number of oxazole rings is 1. The van der Waals surface area contributed by atoms with Crippen LogP contribution in [0.2, 0.25) is 0 Å². The van der Waals surface area contributed by atoms with Crippen molar-refractivity contribution in [3.63, 3.8) is 0 Å². The van der Waals surface area contributed by atoms with Crippen LogP contribution in [0.4, 0.5) is 0 Å². The Bertz CT molecular complexity index is 2710. The summed E-state index contributed by atoms with van der Waals surface area (Å²) in [5.41, 5.74) is 2.44. The van der Waals surface area contributed by atoms with Crippen LogP contribution in [0.1, 0.15) is 86.9 Å². The highest BCUT2D eigenvalue weighted by atomic mass is 16.7. The van der Waals surface area contributed by atoms with Crippen molar-refractivity contribution in [2.45, 2.75) is 76.8 Å². The number of nitrogens with one attached hydrogen (secondary N) is 1. The summed E-state index contributed by atoms with van der Waals surface area (Å²) in [4.78, 5) is 53.5. The first-order valence-electron chi connectivity index (χ1n) is 20.0. The largest absolute Gasteiger partial charge is 0.507 e. The van der Waals surface area contributed by atoms with Gasteiger partial charge in [0.15, 0.2) is 35.8 Å². The van der Waals surface area contributed by atoms with E-state index in [1.165, 1.54) is 42.0 Å². The monoisotopic (exact) mass is 851 g/mol. The highest BCUT2D eigenvalue weighted by Gasteiger charge is 2.48. The summed E-state index contributed by atoms with van der Waals surface area (Å²) in [7, 11) is 1.36. The number of aryl methyl sites for hydroxylation is 1. The maximum Gasteiger partial charge on any atom is 0.420 e. The van der Waals surface area contributed by atoms with Crippen molar-refractivity contribution in [3.05, 3.63) is 116 Å². The van der Waals surface area contributed by atoms with Gasteiger partial charge in [0.1, 0.15) is 17.1 Å². The molecule has 3 aliphatic rings. The fraction of sp³-hybridized carbons (Fsp3) is 0.356. The van der Waals surface area contributed by atoms with Crippen LogP contribution >= 0.6 is 0 Å². The number of hydrogen-bond donors (Lipinski definition) is 6. The lowest BCUT2D eigenvalue weighted by Crippen LogP contribution is -2.50. The molecule has 324 valence electrons. The molecule has 2 aliphatic carbocycles. The fourth-order valence-corrected chi connectivity index (χ4v) is 8.61. The zero-order chi connectivity index (χ0) is 44.2. The summed E-state index contributed by atoms with van der Waals surface area (Å²) in [6.07, 6.45) is -4.01. The lowest BCUT2D eigenvalue weighted by Gasteiger charge is -2.42. The molecule has 0 radical (unpaired) electrons. The lowest BCUT2D eigenvalue weighted by molar-refractivity contribution is -0.254. The Labute approximate surface area is 353 Å². The van der Waals surface area contributed by atoms with Crippen molar-refractivity contribution in [2.24, 2.45) is 11.0 Å². The number of fused-ring (bicyclic) bond motifs is 4. The molecule has 17 heteroatoms. The second-order valence-electron chi connectivity index (χ2n) is 16.0. The number of rotatable bonds is 11. The molecule has 5 aromatic rings. The van der Waals surface area contributed by atoms with Gasteiger partial charge in [-0.3, -0.25) is 19.0 Å². The van der Waals surface area contributed by atoms with Gasteiger partial charge in [-0.2, -0.15) is 5.10 Å². The van der Waals surface area contributed by atoms with Crippen molar-refractivity contribution in [1.29, 1.82) is 0 Å². The number of hydrogen-bond acceptors (Lipinski definition) is 15. The molecule has 6 atom stereocenters. The van der Waals surface area contributed by atoms with E-state index in [2.05, 4.69) is 10.5 Å². The van der Waals surface area contributed by atoms with E-state index in [-0.39, 0.29) is 88.1 Å². The normalized spacial score (nSPS) is 23.4. The Balaban J connectivity index is 1.03. The van der Waals surface area contributed by atoms with Crippen LogP contribution in [-0.4, -0.2) is 97.7 Å². The molecule has 0 saturated carbocycles. The zero-order valence-electron chi connectivity index (χ0n) is 34.2. The number of hydrazone groups is 1. The van der Waals surface area contributed by atoms with E-state index in [1.54, 1.807) is 25.1 Å². The van der Waals surface area contributed by atoms with Crippen LogP contribution in [0.5, 0.6) is 23.0 Å². The molecule has 62 heavy (non-hydrogen) atoms. The minimum absolute atomic E-state index is 0.00581.